The molecule has 0 radical (unpaired) electrons. The molecule has 2 aromatic carbocycles. The third-order valence-corrected chi connectivity index (χ3v) is 3.49. The Morgan fingerprint density at radius 3 is 2.62 bits per heavy atom. The maximum absolute atomic E-state index is 9.73. The van der Waals surface area contributed by atoms with Gasteiger partial charge >= 0.3 is 0 Å². The number of rotatable bonds is 3. The van der Waals surface area contributed by atoms with Gasteiger partial charge in [0.1, 0.15) is 23.4 Å². The van der Waals surface area contributed by atoms with Gasteiger partial charge in [0, 0.05) is 13.1 Å². The highest BCUT2D eigenvalue weighted by Crippen LogP contribution is 2.27. The van der Waals surface area contributed by atoms with Gasteiger partial charge in [-0.15, -0.1) is 0 Å². The lowest BCUT2D eigenvalue weighted by molar-refractivity contribution is 0.186. The molecular formula is C17H18N2O2. The van der Waals surface area contributed by atoms with Crippen LogP contribution in [0.5, 0.6) is 11.5 Å². The zero-order valence-electron chi connectivity index (χ0n) is 12.4. The molecule has 0 aliphatic heterocycles. The molecule has 0 amide bonds. The Balaban J connectivity index is 1.99. The molecule has 1 N–H and O–H groups in total. The largest absolute Gasteiger partial charge is 0.457 e. The zero-order valence-corrected chi connectivity index (χ0v) is 12.4. The second kappa shape index (κ2) is 5.22. The number of aliphatic hydroxyl groups is 1. The van der Waals surface area contributed by atoms with E-state index >= 15 is 0 Å². The molecular weight excluding hydrogens is 264 g/mol. The number of aromatic nitrogens is 2. The molecule has 21 heavy (non-hydrogen) atoms. The Bertz CT molecular complexity index is 791. The van der Waals surface area contributed by atoms with Gasteiger partial charge in [0.25, 0.3) is 0 Å². The maximum atomic E-state index is 9.73. The predicted molar refractivity (Wildman–Crippen MR) is 82.6 cm³/mol. The third kappa shape index (κ3) is 2.62. The lowest BCUT2D eigenvalue weighted by Crippen LogP contribution is -2.01. The van der Waals surface area contributed by atoms with Gasteiger partial charge in [0.15, 0.2) is 0 Å². The van der Waals surface area contributed by atoms with Crippen LogP contribution >= 0.6 is 0 Å². The Labute approximate surface area is 123 Å². The fourth-order valence-electron chi connectivity index (χ4n) is 2.44. The number of hydrogen-bond donors (Lipinski definition) is 1. The Kier molecular flexibility index (Phi) is 3.39. The second-order valence-electron chi connectivity index (χ2n) is 5.27. The predicted octanol–water partition coefficient (Wildman–Crippen LogP) is 3.73. The van der Waals surface area contributed by atoms with E-state index in [9.17, 15) is 5.11 Å². The molecule has 1 unspecified atom stereocenters. The van der Waals surface area contributed by atoms with Crippen LogP contribution < -0.4 is 4.74 Å². The van der Waals surface area contributed by atoms with Gasteiger partial charge in [-0.2, -0.15) is 0 Å². The van der Waals surface area contributed by atoms with Crippen molar-refractivity contribution < 1.29 is 9.84 Å². The molecule has 3 rings (SSSR count). The van der Waals surface area contributed by atoms with Crippen molar-refractivity contribution in [3.63, 3.8) is 0 Å². The Hall–Kier alpha value is -2.33. The molecule has 3 aromatic rings. The lowest BCUT2D eigenvalue weighted by Gasteiger charge is -2.07. The molecule has 0 saturated heterocycles. The van der Waals surface area contributed by atoms with E-state index in [1.165, 1.54) is 0 Å². The molecule has 0 bridgehead atoms. The van der Waals surface area contributed by atoms with Gasteiger partial charge in [-0.05, 0) is 43.7 Å². The summed E-state index contributed by atoms with van der Waals surface area (Å²) in [7, 11) is 1.90. The number of aryl methyl sites for hydroxylation is 2. The van der Waals surface area contributed by atoms with Gasteiger partial charge in [0.05, 0.1) is 11.0 Å². The van der Waals surface area contributed by atoms with E-state index in [2.05, 4.69) is 4.98 Å². The molecule has 0 fully saturated rings. The standard InChI is InChI=1S/C17H18N2O2/c1-11-5-4-6-13(9-11)21-14-7-8-15-16(10-14)19(3)17(18-15)12(2)20/h4-10,12,20H,1-3H3. The van der Waals surface area contributed by atoms with Crippen molar-refractivity contribution in [3.05, 3.63) is 53.9 Å². The van der Waals surface area contributed by atoms with E-state index in [1.807, 2.05) is 61.0 Å². The van der Waals surface area contributed by atoms with Gasteiger partial charge in [0.2, 0.25) is 0 Å². The van der Waals surface area contributed by atoms with Crippen molar-refractivity contribution in [2.24, 2.45) is 7.05 Å². The average Bonchev–Trinajstić information content (AvgIpc) is 2.76. The van der Waals surface area contributed by atoms with E-state index in [0.29, 0.717) is 5.82 Å². The molecule has 0 aliphatic carbocycles. The smallest absolute Gasteiger partial charge is 0.138 e. The van der Waals surface area contributed by atoms with Gasteiger partial charge in [-0.25, -0.2) is 4.98 Å². The summed E-state index contributed by atoms with van der Waals surface area (Å²) in [5.41, 5.74) is 2.95. The van der Waals surface area contributed by atoms with Gasteiger partial charge in [-0.3, -0.25) is 0 Å². The third-order valence-electron chi connectivity index (χ3n) is 3.49. The molecule has 0 aliphatic rings. The summed E-state index contributed by atoms with van der Waals surface area (Å²) in [4.78, 5) is 4.43. The van der Waals surface area contributed by atoms with Crippen molar-refractivity contribution in [2.45, 2.75) is 20.0 Å². The fourth-order valence-corrected chi connectivity index (χ4v) is 2.44. The quantitative estimate of drug-likeness (QED) is 0.796. The van der Waals surface area contributed by atoms with Crippen molar-refractivity contribution in [3.8, 4) is 11.5 Å². The highest BCUT2D eigenvalue weighted by molar-refractivity contribution is 5.78. The van der Waals surface area contributed by atoms with Crippen molar-refractivity contribution >= 4 is 11.0 Å². The van der Waals surface area contributed by atoms with Crippen LogP contribution in [0.4, 0.5) is 0 Å². The minimum atomic E-state index is -0.594. The molecule has 1 heterocycles. The minimum Gasteiger partial charge on any atom is -0.457 e. The maximum Gasteiger partial charge on any atom is 0.138 e. The average molecular weight is 282 g/mol. The zero-order chi connectivity index (χ0) is 15.0. The monoisotopic (exact) mass is 282 g/mol. The molecule has 1 aromatic heterocycles. The van der Waals surface area contributed by atoms with Crippen LogP contribution in [0.3, 0.4) is 0 Å². The van der Waals surface area contributed by atoms with E-state index in [-0.39, 0.29) is 0 Å². The SMILES string of the molecule is Cc1cccc(Oc2ccc3nc(C(C)O)n(C)c3c2)c1. The highest BCUT2D eigenvalue weighted by atomic mass is 16.5. The summed E-state index contributed by atoms with van der Waals surface area (Å²) in [6, 6.07) is 13.7. The van der Waals surface area contributed by atoms with E-state index in [4.69, 9.17) is 4.74 Å². The Morgan fingerprint density at radius 1 is 1.14 bits per heavy atom. The first kappa shape index (κ1) is 13.6. The molecule has 108 valence electrons. The summed E-state index contributed by atoms with van der Waals surface area (Å²) in [5, 5.41) is 9.73. The number of nitrogens with zero attached hydrogens (tertiary/aromatic N) is 2. The van der Waals surface area contributed by atoms with Crippen LogP contribution in [0.2, 0.25) is 0 Å². The summed E-state index contributed by atoms with van der Waals surface area (Å²) < 4.78 is 7.78. The van der Waals surface area contributed by atoms with Crippen LogP contribution in [0, 0.1) is 6.92 Å². The van der Waals surface area contributed by atoms with Crippen LogP contribution in [-0.4, -0.2) is 14.7 Å². The van der Waals surface area contributed by atoms with Crippen molar-refractivity contribution in [2.75, 3.05) is 0 Å². The normalized spacial score (nSPS) is 12.6. The first-order valence-corrected chi connectivity index (χ1v) is 6.93. The number of aliphatic hydroxyl groups excluding tert-OH is 1. The lowest BCUT2D eigenvalue weighted by atomic mass is 10.2. The van der Waals surface area contributed by atoms with E-state index in [1.54, 1.807) is 6.92 Å². The highest BCUT2D eigenvalue weighted by Gasteiger charge is 2.12. The van der Waals surface area contributed by atoms with Crippen LogP contribution in [0.25, 0.3) is 11.0 Å². The summed E-state index contributed by atoms with van der Waals surface area (Å²) in [6.45, 7) is 3.75. The van der Waals surface area contributed by atoms with Crippen LogP contribution in [0.1, 0.15) is 24.4 Å². The van der Waals surface area contributed by atoms with Crippen molar-refractivity contribution in [1.82, 2.24) is 9.55 Å². The van der Waals surface area contributed by atoms with Gasteiger partial charge < -0.3 is 14.4 Å². The molecule has 4 nitrogen and oxygen atoms in total. The molecule has 4 heteroatoms. The number of ether oxygens (including phenoxy) is 1. The first-order valence-electron chi connectivity index (χ1n) is 6.93. The number of fused-ring (bicyclic) bond motifs is 1. The van der Waals surface area contributed by atoms with E-state index in [0.717, 1.165) is 28.1 Å². The van der Waals surface area contributed by atoms with E-state index < -0.39 is 6.10 Å². The fraction of sp³-hybridized carbons (Fsp3) is 0.235. The summed E-state index contributed by atoms with van der Waals surface area (Å²) in [6.07, 6.45) is -0.594. The minimum absolute atomic E-state index is 0.594. The van der Waals surface area contributed by atoms with Gasteiger partial charge in [-0.1, -0.05) is 12.1 Å². The van der Waals surface area contributed by atoms with Crippen LogP contribution in [-0.2, 0) is 7.05 Å². The number of benzene rings is 2. The van der Waals surface area contributed by atoms with Crippen molar-refractivity contribution in [1.29, 1.82) is 0 Å². The first-order chi connectivity index (χ1) is 10.0. The number of imidazole rings is 1. The summed E-state index contributed by atoms with van der Waals surface area (Å²) in [5.74, 6) is 2.22. The topological polar surface area (TPSA) is 47.3 Å². The molecule has 1 atom stereocenters. The molecule has 0 saturated carbocycles. The molecule has 0 spiro atoms. The second-order valence-corrected chi connectivity index (χ2v) is 5.27. The van der Waals surface area contributed by atoms with Crippen LogP contribution in [0.15, 0.2) is 42.5 Å². The number of hydrogen-bond acceptors (Lipinski definition) is 3. The summed E-state index contributed by atoms with van der Waals surface area (Å²) >= 11 is 0. The Morgan fingerprint density at radius 2 is 1.90 bits per heavy atom.